The molecule has 0 aliphatic heterocycles. The Morgan fingerprint density at radius 1 is 1.29 bits per heavy atom. The van der Waals surface area contributed by atoms with Crippen molar-refractivity contribution in [3.05, 3.63) is 63.1 Å². The van der Waals surface area contributed by atoms with Crippen molar-refractivity contribution in [2.75, 3.05) is 6.61 Å². The average molecular weight is 362 g/mol. The van der Waals surface area contributed by atoms with Crippen LogP contribution in [0.1, 0.15) is 16.7 Å². The first-order valence-corrected chi connectivity index (χ1v) is 7.69. The predicted octanol–water partition coefficient (Wildman–Crippen LogP) is 4.83. The fourth-order valence-electron chi connectivity index (χ4n) is 2.09. The first kappa shape index (κ1) is 17.9. The van der Waals surface area contributed by atoms with Gasteiger partial charge < -0.3 is 9.84 Å². The minimum Gasteiger partial charge on any atom is -0.479 e. The average Bonchev–Trinajstić information content (AvgIpc) is 2.51. The number of halogens is 2. The van der Waals surface area contributed by atoms with Crippen molar-refractivity contribution >= 4 is 40.8 Å². The van der Waals surface area contributed by atoms with Gasteiger partial charge in [-0.2, -0.15) is 5.26 Å². The molecule has 0 fully saturated rings. The summed E-state index contributed by atoms with van der Waals surface area (Å²) in [6.07, 6.45) is 1.66. The van der Waals surface area contributed by atoms with E-state index in [4.69, 9.17) is 33.0 Å². The van der Waals surface area contributed by atoms with Gasteiger partial charge in [-0.1, -0.05) is 53.0 Å². The van der Waals surface area contributed by atoms with E-state index in [1.165, 1.54) is 0 Å². The van der Waals surface area contributed by atoms with Gasteiger partial charge in [-0.25, -0.2) is 4.79 Å². The van der Waals surface area contributed by atoms with E-state index in [0.717, 1.165) is 11.1 Å². The maximum atomic E-state index is 10.6. The van der Waals surface area contributed by atoms with Crippen LogP contribution in [0.4, 0.5) is 0 Å². The molecule has 0 unspecified atom stereocenters. The number of allylic oxidation sites excluding steroid dienone is 1. The Morgan fingerprint density at radius 3 is 2.50 bits per heavy atom. The Hall–Kier alpha value is -2.48. The molecule has 0 atom stereocenters. The lowest BCUT2D eigenvalue weighted by molar-refractivity contribution is -0.139. The molecule has 0 amide bonds. The summed E-state index contributed by atoms with van der Waals surface area (Å²) in [7, 11) is 0. The van der Waals surface area contributed by atoms with E-state index in [-0.39, 0.29) is 15.8 Å². The molecule has 122 valence electrons. The van der Waals surface area contributed by atoms with Crippen LogP contribution >= 0.6 is 23.2 Å². The maximum absolute atomic E-state index is 10.6. The van der Waals surface area contributed by atoms with Gasteiger partial charge in [0, 0.05) is 0 Å². The molecule has 1 N–H and O–H groups in total. The van der Waals surface area contributed by atoms with Crippen LogP contribution in [0.2, 0.25) is 10.0 Å². The Bertz CT molecular complexity index is 831. The number of aryl methyl sites for hydroxylation is 1. The van der Waals surface area contributed by atoms with Crippen molar-refractivity contribution in [3.8, 4) is 11.8 Å². The number of rotatable bonds is 5. The van der Waals surface area contributed by atoms with Crippen LogP contribution in [0.5, 0.6) is 5.75 Å². The molecular formula is C18H13Cl2NO3. The van der Waals surface area contributed by atoms with Crippen molar-refractivity contribution in [3.63, 3.8) is 0 Å². The van der Waals surface area contributed by atoms with E-state index in [1.54, 1.807) is 18.2 Å². The molecule has 2 aromatic rings. The zero-order chi connectivity index (χ0) is 17.7. The highest BCUT2D eigenvalue weighted by Crippen LogP contribution is 2.35. The van der Waals surface area contributed by atoms with Gasteiger partial charge in [0.2, 0.25) is 0 Å². The smallest absolute Gasteiger partial charge is 0.341 e. The number of aliphatic carboxylic acids is 1. The normalized spacial score (nSPS) is 11.0. The molecule has 0 saturated heterocycles. The van der Waals surface area contributed by atoms with Crippen LogP contribution in [0.25, 0.3) is 11.6 Å². The highest BCUT2D eigenvalue weighted by Gasteiger charge is 2.11. The topological polar surface area (TPSA) is 70.3 Å². The quantitative estimate of drug-likeness (QED) is 0.611. The Labute approximate surface area is 149 Å². The number of nitrogens with zero attached hydrogens (tertiary/aromatic N) is 1. The van der Waals surface area contributed by atoms with Gasteiger partial charge in [0.1, 0.15) is 0 Å². The molecule has 0 bridgehead atoms. The minimum atomic E-state index is -1.13. The lowest BCUT2D eigenvalue weighted by Gasteiger charge is -2.09. The summed E-state index contributed by atoms with van der Waals surface area (Å²) >= 11 is 12.2. The Balaban J connectivity index is 2.38. The van der Waals surface area contributed by atoms with Crippen molar-refractivity contribution in [1.29, 1.82) is 5.26 Å². The summed E-state index contributed by atoms with van der Waals surface area (Å²) in [5.41, 5.74) is 2.91. The van der Waals surface area contributed by atoms with E-state index < -0.39 is 12.6 Å². The highest BCUT2D eigenvalue weighted by atomic mass is 35.5. The van der Waals surface area contributed by atoms with Crippen LogP contribution in [0, 0.1) is 18.3 Å². The van der Waals surface area contributed by atoms with Crippen molar-refractivity contribution in [1.82, 2.24) is 0 Å². The number of nitriles is 1. The fourth-order valence-corrected chi connectivity index (χ4v) is 2.71. The SMILES string of the molecule is Cc1cccc(/C(C#N)=C\c2cc(Cl)c(OCC(=O)O)c(Cl)c2)c1. The molecule has 6 heteroatoms. The minimum absolute atomic E-state index is 0.104. The van der Waals surface area contributed by atoms with Gasteiger partial charge in [0.15, 0.2) is 12.4 Å². The summed E-state index contributed by atoms with van der Waals surface area (Å²) in [6.45, 7) is 1.40. The molecule has 2 aromatic carbocycles. The van der Waals surface area contributed by atoms with Gasteiger partial charge in [-0.05, 0) is 36.3 Å². The predicted molar refractivity (Wildman–Crippen MR) is 94.3 cm³/mol. The molecule has 0 aromatic heterocycles. The number of hydrogen-bond acceptors (Lipinski definition) is 3. The van der Waals surface area contributed by atoms with E-state index in [1.807, 2.05) is 31.2 Å². The van der Waals surface area contributed by atoms with E-state index in [0.29, 0.717) is 11.1 Å². The molecule has 24 heavy (non-hydrogen) atoms. The molecule has 0 aliphatic rings. The standard InChI is InChI=1S/C18H13Cl2NO3/c1-11-3-2-4-13(5-11)14(9-21)6-12-7-15(19)18(16(20)8-12)24-10-17(22)23/h2-8H,10H2,1H3,(H,22,23)/b14-6-. The molecule has 0 heterocycles. The zero-order valence-corrected chi connectivity index (χ0v) is 14.2. The van der Waals surface area contributed by atoms with Crippen LogP contribution < -0.4 is 4.74 Å². The maximum Gasteiger partial charge on any atom is 0.341 e. The molecule has 0 saturated carbocycles. The number of ether oxygens (including phenoxy) is 1. The number of carbonyl (C=O) groups is 1. The molecule has 4 nitrogen and oxygen atoms in total. The monoisotopic (exact) mass is 361 g/mol. The van der Waals surface area contributed by atoms with Gasteiger partial charge in [0.05, 0.1) is 21.7 Å². The summed E-state index contributed by atoms with van der Waals surface area (Å²) in [5.74, 6) is -1.02. The van der Waals surface area contributed by atoms with Crippen LogP contribution in [0.3, 0.4) is 0 Å². The molecule has 0 spiro atoms. The number of benzene rings is 2. The number of carboxylic acid groups (broad SMARTS) is 1. The Kier molecular flexibility index (Phi) is 5.86. The van der Waals surface area contributed by atoms with Crippen molar-refractivity contribution < 1.29 is 14.6 Å². The van der Waals surface area contributed by atoms with E-state index in [2.05, 4.69) is 6.07 Å². The molecule has 0 aliphatic carbocycles. The largest absolute Gasteiger partial charge is 0.479 e. The highest BCUT2D eigenvalue weighted by molar-refractivity contribution is 6.37. The summed E-state index contributed by atoms with van der Waals surface area (Å²) in [4.78, 5) is 10.6. The van der Waals surface area contributed by atoms with Crippen LogP contribution in [0.15, 0.2) is 36.4 Å². The summed E-state index contributed by atoms with van der Waals surface area (Å²) in [5, 5.41) is 18.4. The fraction of sp³-hybridized carbons (Fsp3) is 0.111. The number of carboxylic acids is 1. The third kappa shape index (κ3) is 4.51. The van der Waals surface area contributed by atoms with Crippen LogP contribution in [-0.2, 0) is 4.79 Å². The molecular weight excluding hydrogens is 349 g/mol. The Morgan fingerprint density at radius 2 is 1.96 bits per heavy atom. The van der Waals surface area contributed by atoms with E-state index in [9.17, 15) is 10.1 Å². The number of hydrogen-bond donors (Lipinski definition) is 1. The zero-order valence-electron chi connectivity index (χ0n) is 12.7. The second kappa shape index (κ2) is 7.87. The first-order valence-electron chi connectivity index (χ1n) is 6.93. The van der Waals surface area contributed by atoms with Crippen LogP contribution in [-0.4, -0.2) is 17.7 Å². The van der Waals surface area contributed by atoms with Crippen molar-refractivity contribution in [2.45, 2.75) is 6.92 Å². The second-order valence-corrected chi connectivity index (χ2v) is 5.85. The third-order valence-electron chi connectivity index (χ3n) is 3.12. The van der Waals surface area contributed by atoms with Gasteiger partial charge >= 0.3 is 5.97 Å². The van der Waals surface area contributed by atoms with Gasteiger partial charge in [0.25, 0.3) is 0 Å². The molecule has 0 radical (unpaired) electrons. The third-order valence-corrected chi connectivity index (χ3v) is 3.68. The first-order chi connectivity index (χ1) is 11.4. The van der Waals surface area contributed by atoms with E-state index >= 15 is 0 Å². The summed E-state index contributed by atoms with van der Waals surface area (Å²) < 4.78 is 5.07. The second-order valence-electron chi connectivity index (χ2n) is 5.04. The molecule has 2 rings (SSSR count). The van der Waals surface area contributed by atoms with Crippen molar-refractivity contribution in [2.24, 2.45) is 0 Å². The lowest BCUT2D eigenvalue weighted by atomic mass is 10.0. The summed E-state index contributed by atoms with van der Waals surface area (Å²) in [6, 6.07) is 12.9. The van der Waals surface area contributed by atoms with Gasteiger partial charge in [-0.3, -0.25) is 0 Å². The van der Waals surface area contributed by atoms with Gasteiger partial charge in [-0.15, -0.1) is 0 Å². The lowest BCUT2D eigenvalue weighted by Crippen LogP contribution is -2.10.